The molecule has 0 aliphatic carbocycles. The van der Waals surface area contributed by atoms with Gasteiger partial charge < -0.3 is 4.89 Å². The van der Waals surface area contributed by atoms with Crippen LogP contribution in [0.5, 0.6) is 0 Å². The third-order valence-electron chi connectivity index (χ3n) is 3.42. The Balaban J connectivity index is 2.14. The monoisotopic (exact) mass is 274 g/mol. The molecule has 3 heteroatoms. The molecule has 2 unspecified atom stereocenters. The fourth-order valence-corrected chi connectivity index (χ4v) is 2.79. The van der Waals surface area contributed by atoms with E-state index in [0.717, 1.165) is 18.4 Å². The third-order valence-corrected chi connectivity index (χ3v) is 4.47. The maximum absolute atomic E-state index is 11.3. The first kappa shape index (κ1) is 14.0. The van der Waals surface area contributed by atoms with Crippen molar-refractivity contribution in [2.45, 2.75) is 25.4 Å². The molecule has 0 radical (unpaired) electrons. The Labute approximate surface area is 115 Å². The lowest BCUT2D eigenvalue weighted by molar-refractivity contribution is 0.493. The zero-order valence-corrected chi connectivity index (χ0v) is 12.0. The molecule has 0 bridgehead atoms. The van der Waals surface area contributed by atoms with Gasteiger partial charge in [-0.3, -0.25) is 4.57 Å². The molecule has 0 amide bonds. The Hall–Kier alpha value is -1.37. The van der Waals surface area contributed by atoms with Crippen molar-refractivity contribution in [2.75, 3.05) is 0 Å². The summed E-state index contributed by atoms with van der Waals surface area (Å²) in [6.45, 7) is 1.82. The second-order valence-corrected chi connectivity index (χ2v) is 6.29. The van der Waals surface area contributed by atoms with Crippen LogP contribution in [-0.4, -0.2) is 4.89 Å². The van der Waals surface area contributed by atoms with Gasteiger partial charge in [0.15, 0.2) is 8.03 Å². The van der Waals surface area contributed by atoms with E-state index in [4.69, 9.17) is 0 Å². The lowest BCUT2D eigenvalue weighted by Crippen LogP contribution is -1.98. The lowest BCUT2D eigenvalue weighted by atomic mass is 9.98. The quantitative estimate of drug-likeness (QED) is 0.837. The third kappa shape index (κ3) is 3.79. The molecular weight excluding hydrogens is 255 g/mol. The molecular formula is C16H19O2P. The van der Waals surface area contributed by atoms with Gasteiger partial charge in [-0.15, -0.1) is 0 Å². The molecule has 0 spiro atoms. The predicted octanol–water partition coefficient (Wildman–Crippen LogP) is 4.00. The van der Waals surface area contributed by atoms with Gasteiger partial charge in [-0.1, -0.05) is 54.6 Å². The standard InChI is InChI=1S/C16H19O2P/c1-13(19(17)18)16-10-6-5-9-15(16)12-11-14-7-3-2-4-8-14/h2-10,13,19H,11-12H2,1H3,(H,17,18). The van der Waals surface area contributed by atoms with E-state index in [-0.39, 0.29) is 5.66 Å². The number of hydrogen-bond acceptors (Lipinski definition) is 1. The summed E-state index contributed by atoms with van der Waals surface area (Å²) >= 11 is 0. The van der Waals surface area contributed by atoms with Crippen molar-refractivity contribution in [1.29, 1.82) is 0 Å². The van der Waals surface area contributed by atoms with Crippen molar-refractivity contribution >= 4 is 8.03 Å². The zero-order chi connectivity index (χ0) is 13.7. The number of hydrogen-bond donors (Lipinski definition) is 1. The molecule has 0 heterocycles. The highest BCUT2D eigenvalue weighted by Crippen LogP contribution is 2.38. The van der Waals surface area contributed by atoms with Crippen LogP contribution in [0.2, 0.25) is 0 Å². The van der Waals surface area contributed by atoms with Crippen LogP contribution in [0.25, 0.3) is 0 Å². The number of rotatable bonds is 5. The van der Waals surface area contributed by atoms with Crippen LogP contribution >= 0.6 is 8.03 Å². The summed E-state index contributed by atoms with van der Waals surface area (Å²) in [5, 5.41) is 0. The SMILES string of the molecule is CC(c1ccccc1CCc1ccccc1)[PH](=O)O. The van der Waals surface area contributed by atoms with E-state index in [1.807, 2.05) is 43.3 Å². The largest absolute Gasteiger partial charge is 0.346 e. The maximum atomic E-state index is 11.3. The minimum atomic E-state index is -2.52. The first-order chi connectivity index (χ1) is 9.18. The fraction of sp³-hybridized carbons (Fsp3) is 0.250. The van der Waals surface area contributed by atoms with E-state index in [2.05, 4.69) is 18.2 Å². The van der Waals surface area contributed by atoms with Crippen LogP contribution in [-0.2, 0) is 17.4 Å². The minimum Gasteiger partial charge on any atom is -0.346 e. The number of benzene rings is 2. The van der Waals surface area contributed by atoms with Crippen LogP contribution in [0.3, 0.4) is 0 Å². The molecule has 2 rings (SSSR count). The topological polar surface area (TPSA) is 37.3 Å². The average Bonchev–Trinajstić information content (AvgIpc) is 2.45. The molecule has 1 N–H and O–H groups in total. The summed E-state index contributed by atoms with van der Waals surface area (Å²) in [5.41, 5.74) is 3.20. The van der Waals surface area contributed by atoms with Crippen LogP contribution in [0.4, 0.5) is 0 Å². The van der Waals surface area contributed by atoms with Crippen molar-refractivity contribution in [3.63, 3.8) is 0 Å². The normalized spacial score (nSPS) is 14.0. The number of aryl methyl sites for hydroxylation is 2. The van der Waals surface area contributed by atoms with Gasteiger partial charge in [-0.05, 0) is 36.5 Å². The van der Waals surface area contributed by atoms with E-state index in [0.29, 0.717) is 0 Å². The van der Waals surface area contributed by atoms with Gasteiger partial charge in [0, 0.05) is 0 Å². The minimum absolute atomic E-state index is 0.267. The van der Waals surface area contributed by atoms with Gasteiger partial charge in [0.1, 0.15) is 0 Å². The first-order valence-electron chi connectivity index (χ1n) is 6.53. The molecule has 0 saturated carbocycles. The lowest BCUT2D eigenvalue weighted by Gasteiger charge is -2.14. The highest BCUT2D eigenvalue weighted by atomic mass is 31.1. The van der Waals surface area contributed by atoms with Crippen molar-refractivity contribution < 1.29 is 9.46 Å². The molecule has 2 nitrogen and oxygen atoms in total. The zero-order valence-electron chi connectivity index (χ0n) is 11.0. The summed E-state index contributed by atoms with van der Waals surface area (Å²) in [7, 11) is -2.52. The summed E-state index contributed by atoms with van der Waals surface area (Å²) in [4.78, 5) is 9.33. The molecule has 0 aromatic heterocycles. The molecule has 2 aromatic carbocycles. The Kier molecular flexibility index (Phi) is 4.95. The molecule has 0 fully saturated rings. The predicted molar refractivity (Wildman–Crippen MR) is 79.9 cm³/mol. The van der Waals surface area contributed by atoms with Crippen molar-refractivity contribution in [3.05, 3.63) is 71.3 Å². The van der Waals surface area contributed by atoms with E-state index < -0.39 is 8.03 Å². The molecule has 2 aromatic rings. The van der Waals surface area contributed by atoms with Gasteiger partial charge in [0.05, 0.1) is 5.66 Å². The van der Waals surface area contributed by atoms with Crippen LogP contribution < -0.4 is 0 Å². The van der Waals surface area contributed by atoms with Crippen LogP contribution in [0.1, 0.15) is 29.3 Å². The molecule has 19 heavy (non-hydrogen) atoms. The Morgan fingerprint density at radius 1 is 1.00 bits per heavy atom. The highest BCUT2D eigenvalue weighted by molar-refractivity contribution is 7.38. The average molecular weight is 274 g/mol. The second kappa shape index (κ2) is 6.70. The van der Waals surface area contributed by atoms with Gasteiger partial charge in [-0.2, -0.15) is 0 Å². The molecule has 100 valence electrons. The van der Waals surface area contributed by atoms with Crippen molar-refractivity contribution in [2.24, 2.45) is 0 Å². The van der Waals surface area contributed by atoms with Crippen molar-refractivity contribution in [1.82, 2.24) is 0 Å². The molecule has 0 aliphatic rings. The smallest absolute Gasteiger partial charge is 0.196 e. The Morgan fingerprint density at radius 2 is 1.63 bits per heavy atom. The van der Waals surface area contributed by atoms with Gasteiger partial charge >= 0.3 is 0 Å². The Bertz CT molecular complexity index is 552. The summed E-state index contributed by atoms with van der Waals surface area (Å²) in [6, 6.07) is 18.3. The van der Waals surface area contributed by atoms with E-state index >= 15 is 0 Å². The summed E-state index contributed by atoms with van der Waals surface area (Å²) < 4.78 is 11.3. The van der Waals surface area contributed by atoms with Crippen molar-refractivity contribution in [3.8, 4) is 0 Å². The van der Waals surface area contributed by atoms with E-state index in [9.17, 15) is 9.46 Å². The molecule has 2 atom stereocenters. The highest BCUT2D eigenvalue weighted by Gasteiger charge is 2.14. The summed E-state index contributed by atoms with van der Waals surface area (Å²) in [6.07, 6.45) is 1.86. The second-order valence-electron chi connectivity index (χ2n) is 4.74. The Morgan fingerprint density at radius 3 is 2.32 bits per heavy atom. The van der Waals surface area contributed by atoms with Gasteiger partial charge in [0.25, 0.3) is 0 Å². The van der Waals surface area contributed by atoms with Crippen LogP contribution in [0.15, 0.2) is 54.6 Å². The van der Waals surface area contributed by atoms with Crippen LogP contribution in [0, 0.1) is 0 Å². The molecule has 0 saturated heterocycles. The van der Waals surface area contributed by atoms with E-state index in [1.54, 1.807) is 0 Å². The summed E-state index contributed by atoms with van der Waals surface area (Å²) in [5.74, 6) is 0. The maximum Gasteiger partial charge on any atom is 0.196 e. The molecule has 0 aliphatic heterocycles. The van der Waals surface area contributed by atoms with Gasteiger partial charge in [0.2, 0.25) is 0 Å². The fourth-order valence-electron chi connectivity index (χ4n) is 2.24. The van der Waals surface area contributed by atoms with E-state index in [1.165, 1.54) is 11.1 Å². The van der Waals surface area contributed by atoms with Gasteiger partial charge in [-0.25, -0.2) is 0 Å². The first-order valence-corrected chi connectivity index (χ1v) is 7.96.